The minimum atomic E-state index is -0.237. The fourth-order valence-corrected chi connectivity index (χ4v) is 2.73. The van der Waals surface area contributed by atoms with Crippen molar-refractivity contribution in [3.63, 3.8) is 0 Å². The van der Waals surface area contributed by atoms with Crippen LogP contribution in [-0.4, -0.2) is 29.8 Å². The summed E-state index contributed by atoms with van der Waals surface area (Å²) in [4.78, 5) is 28.8. The number of hydrogen-bond donors (Lipinski definition) is 2. The molecule has 0 aliphatic carbocycles. The number of carbonyl (C=O) groups excluding carboxylic acids is 2. The number of benzene rings is 1. The molecule has 2 aromatic rings. The number of nitrogens with zero attached hydrogens (tertiary/aromatic N) is 1. The van der Waals surface area contributed by atoms with Crippen molar-refractivity contribution in [2.24, 2.45) is 0 Å². The number of anilines is 2. The van der Waals surface area contributed by atoms with Gasteiger partial charge in [0.05, 0.1) is 11.4 Å². The topological polar surface area (TPSA) is 65.2 Å². The van der Waals surface area contributed by atoms with Gasteiger partial charge in [0.25, 0.3) is 5.91 Å². The van der Waals surface area contributed by atoms with Crippen molar-refractivity contribution in [2.75, 3.05) is 23.3 Å². The van der Waals surface area contributed by atoms with E-state index in [4.69, 9.17) is 0 Å². The number of carbonyl (C=O) groups is 2. The highest BCUT2D eigenvalue weighted by atomic mass is 16.2. The van der Waals surface area contributed by atoms with Gasteiger partial charge in [0.1, 0.15) is 5.69 Å². The maximum Gasteiger partial charge on any atom is 0.272 e. The molecule has 1 aromatic carbocycles. The Morgan fingerprint density at radius 2 is 1.91 bits per heavy atom. The lowest BCUT2D eigenvalue weighted by atomic mass is 10.2. The first-order chi connectivity index (χ1) is 10.6. The zero-order valence-corrected chi connectivity index (χ0v) is 12.6. The summed E-state index contributed by atoms with van der Waals surface area (Å²) in [5.74, 6) is -0.299. The van der Waals surface area contributed by atoms with Gasteiger partial charge in [-0.1, -0.05) is 12.1 Å². The number of aromatic nitrogens is 1. The van der Waals surface area contributed by atoms with Crippen LogP contribution in [0.15, 0.2) is 36.5 Å². The van der Waals surface area contributed by atoms with Crippen molar-refractivity contribution in [3.05, 3.63) is 47.8 Å². The van der Waals surface area contributed by atoms with Crippen LogP contribution in [0.3, 0.4) is 0 Å². The van der Waals surface area contributed by atoms with Crippen molar-refractivity contribution in [1.29, 1.82) is 0 Å². The summed E-state index contributed by atoms with van der Waals surface area (Å²) in [7, 11) is 0. The third-order valence-corrected chi connectivity index (χ3v) is 3.93. The lowest BCUT2D eigenvalue weighted by Crippen LogP contribution is -2.21. The fraction of sp³-hybridized carbons (Fsp3) is 0.294. The standard InChI is InChI=1S/C17H19N3O2/c1-12(21)13-10-15(18-11-13)17(22)19-14-6-2-3-7-16(14)20-8-4-5-9-20/h2-3,6-7,10-11,18H,4-5,8-9H2,1H3,(H,19,22). The number of hydrogen-bond acceptors (Lipinski definition) is 3. The molecule has 0 bridgehead atoms. The van der Waals surface area contributed by atoms with E-state index in [2.05, 4.69) is 15.2 Å². The summed E-state index contributed by atoms with van der Waals surface area (Å²) >= 11 is 0. The molecule has 0 saturated carbocycles. The number of H-pyrrole nitrogens is 1. The van der Waals surface area contributed by atoms with E-state index in [1.54, 1.807) is 12.3 Å². The van der Waals surface area contributed by atoms with Crippen molar-refractivity contribution in [3.8, 4) is 0 Å². The number of rotatable bonds is 4. The molecule has 5 nitrogen and oxygen atoms in total. The van der Waals surface area contributed by atoms with E-state index in [1.807, 2.05) is 24.3 Å². The predicted molar refractivity (Wildman–Crippen MR) is 86.6 cm³/mol. The lowest BCUT2D eigenvalue weighted by molar-refractivity contribution is 0.101. The first-order valence-corrected chi connectivity index (χ1v) is 7.50. The van der Waals surface area contributed by atoms with Gasteiger partial charge >= 0.3 is 0 Å². The van der Waals surface area contributed by atoms with E-state index < -0.39 is 0 Å². The van der Waals surface area contributed by atoms with Crippen LogP contribution >= 0.6 is 0 Å². The van der Waals surface area contributed by atoms with E-state index in [9.17, 15) is 9.59 Å². The molecule has 1 aliphatic rings. The zero-order valence-electron chi connectivity index (χ0n) is 12.6. The van der Waals surface area contributed by atoms with Gasteiger partial charge in [-0.3, -0.25) is 9.59 Å². The van der Waals surface area contributed by atoms with Crippen LogP contribution in [-0.2, 0) is 0 Å². The number of nitrogens with one attached hydrogen (secondary N) is 2. The summed E-state index contributed by atoms with van der Waals surface area (Å²) in [5, 5.41) is 2.93. The summed E-state index contributed by atoms with van der Waals surface area (Å²) in [6, 6.07) is 9.39. The number of para-hydroxylation sites is 2. The average Bonchev–Trinajstić information content (AvgIpc) is 3.19. The minimum Gasteiger partial charge on any atom is -0.370 e. The number of aromatic amines is 1. The van der Waals surface area contributed by atoms with Crippen molar-refractivity contribution >= 4 is 23.1 Å². The number of ketones is 1. The van der Waals surface area contributed by atoms with Gasteiger partial charge in [0, 0.05) is 24.8 Å². The zero-order chi connectivity index (χ0) is 15.5. The average molecular weight is 297 g/mol. The Balaban J connectivity index is 1.80. The van der Waals surface area contributed by atoms with Crippen LogP contribution < -0.4 is 10.2 Å². The van der Waals surface area contributed by atoms with Gasteiger partial charge < -0.3 is 15.2 Å². The highest BCUT2D eigenvalue weighted by Crippen LogP contribution is 2.28. The Morgan fingerprint density at radius 1 is 1.18 bits per heavy atom. The predicted octanol–water partition coefficient (Wildman–Crippen LogP) is 3.07. The molecule has 2 heterocycles. The SMILES string of the molecule is CC(=O)c1c[nH]c(C(=O)Nc2ccccc2N2CCCC2)c1. The molecule has 1 amide bonds. The van der Waals surface area contributed by atoms with Gasteiger partial charge in [0.15, 0.2) is 5.78 Å². The van der Waals surface area contributed by atoms with E-state index in [-0.39, 0.29) is 11.7 Å². The molecule has 3 rings (SSSR count). The Kier molecular flexibility index (Phi) is 3.96. The van der Waals surface area contributed by atoms with E-state index in [0.29, 0.717) is 11.3 Å². The molecule has 0 radical (unpaired) electrons. The highest BCUT2D eigenvalue weighted by molar-refractivity contribution is 6.06. The third-order valence-electron chi connectivity index (χ3n) is 3.93. The third kappa shape index (κ3) is 2.88. The van der Waals surface area contributed by atoms with Crippen LogP contribution in [0.2, 0.25) is 0 Å². The molecule has 0 atom stereocenters. The molecular formula is C17H19N3O2. The second kappa shape index (κ2) is 6.05. The van der Waals surface area contributed by atoms with Gasteiger partial charge in [-0.05, 0) is 38.0 Å². The highest BCUT2D eigenvalue weighted by Gasteiger charge is 2.17. The Labute approximate surface area is 129 Å². The lowest BCUT2D eigenvalue weighted by Gasteiger charge is -2.21. The number of amides is 1. The molecule has 0 unspecified atom stereocenters. The van der Waals surface area contributed by atoms with Crippen LogP contribution in [0.1, 0.15) is 40.6 Å². The van der Waals surface area contributed by atoms with E-state index in [0.717, 1.165) is 24.5 Å². The summed E-state index contributed by atoms with van der Waals surface area (Å²) < 4.78 is 0. The van der Waals surface area contributed by atoms with Crippen molar-refractivity contribution in [2.45, 2.75) is 19.8 Å². The monoisotopic (exact) mass is 297 g/mol. The van der Waals surface area contributed by atoms with Gasteiger partial charge in [0.2, 0.25) is 0 Å². The van der Waals surface area contributed by atoms with Crippen LogP contribution in [0.25, 0.3) is 0 Å². The maximum atomic E-state index is 12.3. The molecule has 0 spiro atoms. The molecule has 1 aromatic heterocycles. The first kappa shape index (κ1) is 14.4. The van der Waals surface area contributed by atoms with Crippen LogP contribution in [0, 0.1) is 0 Å². The molecule has 2 N–H and O–H groups in total. The normalized spacial score (nSPS) is 14.1. The molecule has 1 saturated heterocycles. The number of Topliss-reactive ketones (excluding diaryl/α,β-unsaturated/α-hetero) is 1. The molecular weight excluding hydrogens is 278 g/mol. The fourth-order valence-electron chi connectivity index (χ4n) is 2.73. The van der Waals surface area contributed by atoms with Gasteiger partial charge in [-0.2, -0.15) is 0 Å². The Bertz CT molecular complexity index is 699. The first-order valence-electron chi connectivity index (χ1n) is 7.50. The second-order valence-electron chi connectivity index (χ2n) is 5.52. The summed E-state index contributed by atoms with van der Waals surface area (Å²) in [5.41, 5.74) is 2.75. The molecule has 1 fully saturated rings. The van der Waals surface area contributed by atoms with E-state index in [1.165, 1.54) is 19.8 Å². The summed E-state index contributed by atoms with van der Waals surface area (Å²) in [6.45, 7) is 3.52. The largest absolute Gasteiger partial charge is 0.370 e. The molecule has 22 heavy (non-hydrogen) atoms. The van der Waals surface area contributed by atoms with Gasteiger partial charge in [-0.15, -0.1) is 0 Å². The Hall–Kier alpha value is -2.56. The van der Waals surface area contributed by atoms with Crippen LogP contribution in [0.5, 0.6) is 0 Å². The van der Waals surface area contributed by atoms with Crippen molar-refractivity contribution in [1.82, 2.24) is 4.98 Å². The van der Waals surface area contributed by atoms with Crippen molar-refractivity contribution < 1.29 is 9.59 Å². The Morgan fingerprint density at radius 3 is 2.59 bits per heavy atom. The van der Waals surface area contributed by atoms with E-state index >= 15 is 0 Å². The summed E-state index contributed by atoms with van der Waals surface area (Å²) in [6.07, 6.45) is 3.92. The smallest absolute Gasteiger partial charge is 0.272 e. The maximum absolute atomic E-state index is 12.3. The quantitative estimate of drug-likeness (QED) is 0.852. The van der Waals surface area contributed by atoms with Crippen LogP contribution in [0.4, 0.5) is 11.4 Å². The minimum absolute atomic E-state index is 0.0623. The molecule has 1 aliphatic heterocycles. The molecule has 5 heteroatoms. The van der Waals surface area contributed by atoms with Gasteiger partial charge in [-0.25, -0.2) is 0 Å². The molecule has 114 valence electrons. The second-order valence-corrected chi connectivity index (χ2v) is 5.52.